The molecule has 0 unspecified atom stereocenters. The van der Waals surface area contributed by atoms with Crippen molar-refractivity contribution in [2.24, 2.45) is 0 Å². The molecule has 0 aliphatic rings. The van der Waals surface area contributed by atoms with Gasteiger partial charge in [-0.25, -0.2) is 15.0 Å². The van der Waals surface area contributed by atoms with Crippen molar-refractivity contribution in [1.29, 1.82) is 0 Å². The lowest BCUT2D eigenvalue weighted by Crippen LogP contribution is -2.00. The van der Waals surface area contributed by atoms with E-state index >= 15 is 0 Å². The van der Waals surface area contributed by atoms with Crippen LogP contribution in [-0.2, 0) is 0 Å². The Morgan fingerprint density at radius 1 is 0.339 bits per heavy atom. The molecule has 0 aliphatic heterocycles. The van der Waals surface area contributed by atoms with E-state index in [1.54, 1.807) is 0 Å². The van der Waals surface area contributed by atoms with Gasteiger partial charge in [0.1, 0.15) is 11.2 Å². The molecule has 11 rings (SSSR count). The zero-order chi connectivity index (χ0) is 37.0. The summed E-state index contributed by atoms with van der Waals surface area (Å²) in [4.78, 5) is 14.8. The van der Waals surface area contributed by atoms with E-state index in [4.69, 9.17) is 19.4 Å². The molecule has 3 heterocycles. The molecule has 11 aromatic rings. The molecule has 0 radical (unpaired) electrons. The van der Waals surface area contributed by atoms with Gasteiger partial charge in [0.15, 0.2) is 17.5 Å². The lowest BCUT2D eigenvalue weighted by molar-refractivity contribution is 0.669. The van der Waals surface area contributed by atoms with E-state index in [1.165, 1.54) is 48.0 Å². The van der Waals surface area contributed by atoms with Gasteiger partial charge in [-0.1, -0.05) is 158 Å². The van der Waals surface area contributed by atoms with Gasteiger partial charge >= 0.3 is 0 Å². The number of hydrogen-bond donors (Lipinski definition) is 0. The molecule has 0 spiro atoms. The van der Waals surface area contributed by atoms with E-state index in [0.29, 0.717) is 17.5 Å². The second-order valence-corrected chi connectivity index (χ2v) is 15.0. The van der Waals surface area contributed by atoms with Crippen molar-refractivity contribution >= 4 is 53.4 Å². The van der Waals surface area contributed by atoms with E-state index in [9.17, 15) is 0 Å². The van der Waals surface area contributed by atoms with Gasteiger partial charge in [0.2, 0.25) is 0 Å². The fourth-order valence-electron chi connectivity index (χ4n) is 7.90. The quantitative estimate of drug-likeness (QED) is 0.171. The van der Waals surface area contributed by atoms with E-state index in [-0.39, 0.29) is 0 Å². The predicted octanol–water partition coefficient (Wildman–Crippen LogP) is 14.1. The van der Waals surface area contributed by atoms with E-state index in [2.05, 4.69) is 127 Å². The molecule has 0 saturated heterocycles. The molecule has 0 fully saturated rings. The van der Waals surface area contributed by atoms with Crippen molar-refractivity contribution in [3.63, 3.8) is 0 Å². The van der Waals surface area contributed by atoms with Crippen molar-refractivity contribution in [3.8, 4) is 67.5 Å². The molecule has 0 aliphatic carbocycles. The van der Waals surface area contributed by atoms with Crippen LogP contribution in [-0.4, -0.2) is 15.0 Å². The minimum atomic E-state index is 0.596. The Kier molecular flexibility index (Phi) is 7.64. The standard InChI is InChI=1S/C51H31N3OS/c1-4-14-32(15-5-1)35-20-12-21-36(30-35)38-28-29-40(47-42-22-10-11-25-45(42)56-48(38)47)39-23-13-24-43-46(39)41-27-26-37(31-44(41)55-43)51-53-49(33-16-6-2-7-17-33)52-50(54-51)34-18-8-3-9-19-34/h1-31H. The number of furan rings is 1. The number of aromatic nitrogens is 3. The van der Waals surface area contributed by atoms with Gasteiger partial charge < -0.3 is 4.42 Å². The van der Waals surface area contributed by atoms with Crippen LogP contribution in [0.25, 0.3) is 110 Å². The fourth-order valence-corrected chi connectivity index (χ4v) is 9.17. The summed E-state index contributed by atoms with van der Waals surface area (Å²) in [7, 11) is 0. The van der Waals surface area contributed by atoms with E-state index < -0.39 is 0 Å². The largest absolute Gasteiger partial charge is 0.456 e. The van der Waals surface area contributed by atoms with E-state index in [1.807, 2.05) is 72.0 Å². The van der Waals surface area contributed by atoms with Gasteiger partial charge in [0, 0.05) is 47.6 Å². The Labute approximate surface area is 327 Å². The summed E-state index contributed by atoms with van der Waals surface area (Å²) >= 11 is 1.86. The highest BCUT2D eigenvalue weighted by molar-refractivity contribution is 7.26. The fraction of sp³-hybridized carbons (Fsp3) is 0. The molecule has 0 atom stereocenters. The smallest absolute Gasteiger partial charge is 0.164 e. The van der Waals surface area contributed by atoms with E-state index in [0.717, 1.165) is 44.2 Å². The molecule has 262 valence electrons. The first-order valence-corrected chi connectivity index (χ1v) is 19.5. The Morgan fingerprint density at radius 2 is 0.911 bits per heavy atom. The minimum Gasteiger partial charge on any atom is -0.456 e. The van der Waals surface area contributed by atoms with Crippen LogP contribution in [0.1, 0.15) is 0 Å². The maximum atomic E-state index is 6.67. The first-order chi connectivity index (χ1) is 27.7. The summed E-state index contributed by atoms with van der Waals surface area (Å²) in [6, 6.07) is 65.7. The highest BCUT2D eigenvalue weighted by Crippen LogP contribution is 2.47. The number of hydrogen-bond acceptors (Lipinski definition) is 5. The second kappa shape index (κ2) is 13.3. The SMILES string of the molecule is c1ccc(-c2cccc(-c3ccc(-c4cccc5oc6cc(-c7nc(-c8ccccc8)nc(-c8ccccc8)n7)ccc6c45)c4c3sc3ccccc34)c2)cc1. The Hall–Kier alpha value is -7.21. The van der Waals surface area contributed by atoms with Gasteiger partial charge in [-0.3, -0.25) is 0 Å². The first kappa shape index (κ1) is 32.2. The second-order valence-electron chi connectivity index (χ2n) is 13.9. The van der Waals surface area contributed by atoms with Crippen LogP contribution >= 0.6 is 11.3 Å². The highest BCUT2D eigenvalue weighted by Gasteiger charge is 2.20. The van der Waals surface area contributed by atoms with Crippen LogP contribution < -0.4 is 0 Å². The Balaban J connectivity index is 1.08. The third kappa shape index (κ3) is 5.48. The number of benzene rings is 8. The zero-order valence-electron chi connectivity index (χ0n) is 30.1. The summed E-state index contributed by atoms with van der Waals surface area (Å²) in [5.74, 6) is 1.85. The van der Waals surface area contributed by atoms with Crippen molar-refractivity contribution in [3.05, 3.63) is 188 Å². The minimum absolute atomic E-state index is 0.596. The van der Waals surface area contributed by atoms with Crippen LogP contribution in [0, 0.1) is 0 Å². The summed E-state index contributed by atoms with van der Waals surface area (Å²) in [5.41, 5.74) is 11.6. The van der Waals surface area contributed by atoms with Crippen molar-refractivity contribution in [2.75, 3.05) is 0 Å². The van der Waals surface area contributed by atoms with Gasteiger partial charge in [-0.15, -0.1) is 11.3 Å². The molecule has 4 nitrogen and oxygen atoms in total. The summed E-state index contributed by atoms with van der Waals surface area (Å²) in [6.07, 6.45) is 0. The van der Waals surface area contributed by atoms with Gasteiger partial charge in [-0.05, 0) is 63.7 Å². The molecule has 0 saturated carbocycles. The molecule has 5 heteroatoms. The van der Waals surface area contributed by atoms with Crippen LogP contribution in [0.5, 0.6) is 0 Å². The maximum absolute atomic E-state index is 6.67. The van der Waals surface area contributed by atoms with Crippen molar-refractivity contribution in [2.45, 2.75) is 0 Å². The van der Waals surface area contributed by atoms with Gasteiger partial charge in [-0.2, -0.15) is 0 Å². The lowest BCUT2D eigenvalue weighted by Gasteiger charge is -2.12. The molecular formula is C51H31N3OS. The van der Waals surface area contributed by atoms with Crippen molar-refractivity contribution in [1.82, 2.24) is 15.0 Å². The summed E-state index contributed by atoms with van der Waals surface area (Å²) in [6.45, 7) is 0. The average Bonchev–Trinajstić information content (AvgIpc) is 3.86. The maximum Gasteiger partial charge on any atom is 0.164 e. The third-order valence-electron chi connectivity index (χ3n) is 10.6. The van der Waals surface area contributed by atoms with Crippen LogP contribution in [0.4, 0.5) is 0 Å². The third-order valence-corrected chi connectivity index (χ3v) is 11.8. The summed E-state index contributed by atoms with van der Waals surface area (Å²) < 4.78 is 9.21. The highest BCUT2D eigenvalue weighted by atomic mass is 32.1. The monoisotopic (exact) mass is 733 g/mol. The molecule has 8 aromatic carbocycles. The molecule has 3 aromatic heterocycles. The molecule has 0 bridgehead atoms. The lowest BCUT2D eigenvalue weighted by atomic mass is 9.91. The van der Waals surface area contributed by atoms with Crippen LogP contribution in [0.3, 0.4) is 0 Å². The predicted molar refractivity (Wildman–Crippen MR) is 233 cm³/mol. The number of nitrogens with zero attached hydrogens (tertiary/aromatic N) is 3. The number of rotatable bonds is 6. The number of fused-ring (bicyclic) bond motifs is 6. The first-order valence-electron chi connectivity index (χ1n) is 18.7. The average molecular weight is 734 g/mol. The zero-order valence-corrected chi connectivity index (χ0v) is 30.9. The topological polar surface area (TPSA) is 51.8 Å². The van der Waals surface area contributed by atoms with Gasteiger partial charge in [0.05, 0.1) is 0 Å². The summed E-state index contributed by atoms with van der Waals surface area (Å²) in [5, 5.41) is 4.66. The molecule has 56 heavy (non-hydrogen) atoms. The van der Waals surface area contributed by atoms with Crippen LogP contribution in [0.2, 0.25) is 0 Å². The normalized spacial score (nSPS) is 11.6. The number of thiophene rings is 1. The molecule has 0 amide bonds. The van der Waals surface area contributed by atoms with Crippen LogP contribution in [0.15, 0.2) is 192 Å². The Morgan fingerprint density at radius 3 is 1.64 bits per heavy atom. The molecule has 0 N–H and O–H groups in total. The Bertz CT molecular complexity index is 3180. The van der Waals surface area contributed by atoms with Crippen molar-refractivity contribution < 1.29 is 4.42 Å². The van der Waals surface area contributed by atoms with Gasteiger partial charge in [0.25, 0.3) is 0 Å². The molecular weight excluding hydrogens is 703 g/mol.